The van der Waals surface area contributed by atoms with Crippen molar-refractivity contribution in [2.24, 2.45) is 11.8 Å². The highest BCUT2D eigenvalue weighted by molar-refractivity contribution is 5.76. The Hall–Kier alpha value is -0.570. The third kappa shape index (κ3) is 4.97. The van der Waals surface area contributed by atoms with Crippen LogP contribution >= 0.6 is 0 Å². The molecule has 2 atom stereocenters. The van der Waals surface area contributed by atoms with E-state index < -0.39 is 0 Å². The maximum Gasteiger partial charge on any atom is 0.220 e. The van der Waals surface area contributed by atoms with Crippen molar-refractivity contribution in [2.45, 2.75) is 52.5 Å². The van der Waals surface area contributed by atoms with Crippen LogP contribution in [0.1, 0.15) is 46.5 Å². The fourth-order valence-corrected chi connectivity index (χ4v) is 1.92. The number of carbonyl (C=O) groups is 1. The van der Waals surface area contributed by atoms with Gasteiger partial charge in [-0.1, -0.05) is 13.8 Å². The van der Waals surface area contributed by atoms with E-state index in [2.05, 4.69) is 31.4 Å². The van der Waals surface area contributed by atoms with Crippen molar-refractivity contribution in [2.75, 3.05) is 13.1 Å². The highest BCUT2D eigenvalue weighted by Crippen LogP contribution is 2.16. The number of hydrogen-bond acceptors (Lipinski definition) is 1. The Labute approximate surface area is 99.4 Å². The molecule has 1 aliphatic rings. The second-order valence-corrected chi connectivity index (χ2v) is 5.28. The van der Waals surface area contributed by atoms with Gasteiger partial charge in [-0.15, -0.1) is 0 Å². The number of piperidine rings is 1. The maximum absolute atomic E-state index is 11.7. The first-order valence-corrected chi connectivity index (χ1v) is 6.52. The average Bonchev–Trinajstić information content (AvgIpc) is 2.27. The van der Waals surface area contributed by atoms with Crippen LogP contribution in [-0.4, -0.2) is 25.0 Å². The molecule has 0 spiro atoms. The van der Waals surface area contributed by atoms with E-state index in [-0.39, 0.29) is 11.9 Å². The molecule has 0 aliphatic carbocycles. The van der Waals surface area contributed by atoms with E-state index in [1.807, 2.05) is 0 Å². The molecule has 1 fully saturated rings. The summed E-state index contributed by atoms with van der Waals surface area (Å²) in [5.41, 5.74) is 0. The predicted octanol–water partition coefficient (Wildman–Crippen LogP) is 1.94. The second-order valence-electron chi connectivity index (χ2n) is 5.28. The van der Waals surface area contributed by atoms with E-state index >= 15 is 0 Å². The molecule has 3 nitrogen and oxygen atoms in total. The minimum Gasteiger partial charge on any atom is -0.353 e. The lowest BCUT2D eigenvalue weighted by Crippen LogP contribution is -2.36. The van der Waals surface area contributed by atoms with Crippen LogP contribution in [0.4, 0.5) is 0 Å². The maximum atomic E-state index is 11.7. The smallest absolute Gasteiger partial charge is 0.220 e. The Bertz CT molecular complexity index is 210. The summed E-state index contributed by atoms with van der Waals surface area (Å²) in [6.45, 7) is 8.31. The fraction of sp³-hybridized carbons (Fsp3) is 0.923. The van der Waals surface area contributed by atoms with Gasteiger partial charge in [-0.3, -0.25) is 4.79 Å². The van der Waals surface area contributed by atoms with Gasteiger partial charge in [-0.2, -0.15) is 0 Å². The number of carbonyl (C=O) groups excluding carboxylic acids is 1. The summed E-state index contributed by atoms with van der Waals surface area (Å²) in [5, 5.41) is 7.44. The lowest BCUT2D eigenvalue weighted by molar-refractivity contribution is -0.122. The van der Waals surface area contributed by atoms with E-state index in [1.165, 1.54) is 12.8 Å². The van der Waals surface area contributed by atoms with E-state index in [9.17, 15) is 4.79 Å². The van der Waals surface area contributed by atoms with Crippen molar-refractivity contribution >= 4 is 5.91 Å². The van der Waals surface area contributed by atoms with Gasteiger partial charge in [-0.05, 0) is 38.0 Å². The summed E-state index contributed by atoms with van der Waals surface area (Å²) >= 11 is 0. The molecule has 0 aromatic carbocycles. The van der Waals surface area contributed by atoms with Crippen LogP contribution < -0.4 is 10.6 Å². The molecule has 1 saturated heterocycles. The number of nitrogens with one attached hydrogen (secondary N) is 1. The Morgan fingerprint density at radius 1 is 1.44 bits per heavy atom. The van der Waals surface area contributed by atoms with E-state index in [0.717, 1.165) is 19.5 Å². The molecule has 1 amide bonds. The van der Waals surface area contributed by atoms with Gasteiger partial charge >= 0.3 is 0 Å². The first kappa shape index (κ1) is 13.5. The molecule has 93 valence electrons. The van der Waals surface area contributed by atoms with Gasteiger partial charge in [0, 0.05) is 25.6 Å². The number of hydrogen-bond donors (Lipinski definition) is 1. The van der Waals surface area contributed by atoms with Crippen LogP contribution in [0.15, 0.2) is 0 Å². The largest absolute Gasteiger partial charge is 0.353 e. The van der Waals surface area contributed by atoms with Crippen molar-refractivity contribution in [1.82, 2.24) is 10.6 Å². The molecule has 1 N–H and O–H groups in total. The molecule has 1 radical (unpaired) electrons. The van der Waals surface area contributed by atoms with Crippen molar-refractivity contribution in [3.63, 3.8) is 0 Å². The molecule has 0 aromatic heterocycles. The van der Waals surface area contributed by atoms with Crippen molar-refractivity contribution in [3.05, 3.63) is 0 Å². The summed E-state index contributed by atoms with van der Waals surface area (Å²) in [6.07, 6.45) is 4.11. The van der Waals surface area contributed by atoms with Crippen LogP contribution in [0.25, 0.3) is 0 Å². The zero-order valence-electron chi connectivity index (χ0n) is 10.8. The Kier molecular flexibility index (Phi) is 5.81. The molecule has 1 aliphatic heterocycles. The molecule has 2 unspecified atom stereocenters. The lowest BCUT2D eigenvalue weighted by atomic mass is 9.94. The summed E-state index contributed by atoms with van der Waals surface area (Å²) in [4.78, 5) is 11.7. The van der Waals surface area contributed by atoms with Crippen molar-refractivity contribution in [3.8, 4) is 0 Å². The molecule has 1 rings (SSSR count). The van der Waals surface area contributed by atoms with Crippen LogP contribution in [-0.2, 0) is 4.79 Å². The van der Waals surface area contributed by atoms with Crippen LogP contribution in [0.5, 0.6) is 0 Å². The zero-order valence-corrected chi connectivity index (χ0v) is 10.8. The van der Waals surface area contributed by atoms with Crippen LogP contribution in [0.3, 0.4) is 0 Å². The SMILES string of the molecule is CC(C)C(C)NC(=O)CCC1CCC[N]C1. The van der Waals surface area contributed by atoms with E-state index in [4.69, 9.17) is 0 Å². The first-order valence-electron chi connectivity index (χ1n) is 6.52. The van der Waals surface area contributed by atoms with E-state index in [0.29, 0.717) is 18.3 Å². The first-order chi connectivity index (χ1) is 7.59. The standard InChI is InChI=1S/C13H25N2O/c1-10(2)11(3)15-13(16)7-6-12-5-4-8-14-9-12/h10-12H,4-9H2,1-3H3,(H,15,16). The Morgan fingerprint density at radius 3 is 2.75 bits per heavy atom. The highest BCUT2D eigenvalue weighted by Gasteiger charge is 2.16. The van der Waals surface area contributed by atoms with Gasteiger partial charge in [-0.25, -0.2) is 5.32 Å². The zero-order chi connectivity index (χ0) is 12.0. The predicted molar refractivity (Wildman–Crippen MR) is 66.3 cm³/mol. The van der Waals surface area contributed by atoms with Gasteiger partial charge < -0.3 is 5.32 Å². The fourth-order valence-electron chi connectivity index (χ4n) is 1.92. The molecule has 3 heteroatoms. The highest BCUT2D eigenvalue weighted by atomic mass is 16.1. The minimum atomic E-state index is 0.201. The number of amides is 1. The topological polar surface area (TPSA) is 43.2 Å². The van der Waals surface area contributed by atoms with Gasteiger partial charge in [0.1, 0.15) is 0 Å². The summed E-state index contributed by atoms with van der Waals surface area (Å²) < 4.78 is 0. The summed E-state index contributed by atoms with van der Waals surface area (Å²) in [6, 6.07) is 0.281. The average molecular weight is 225 g/mol. The second kappa shape index (κ2) is 6.89. The minimum absolute atomic E-state index is 0.201. The summed E-state index contributed by atoms with van der Waals surface area (Å²) in [5.74, 6) is 1.36. The van der Waals surface area contributed by atoms with Gasteiger partial charge in [0.05, 0.1) is 0 Å². The van der Waals surface area contributed by atoms with Crippen molar-refractivity contribution < 1.29 is 4.79 Å². The molecule has 0 bridgehead atoms. The molecule has 16 heavy (non-hydrogen) atoms. The normalized spacial score (nSPS) is 23.1. The van der Waals surface area contributed by atoms with Gasteiger partial charge in [0.15, 0.2) is 0 Å². The van der Waals surface area contributed by atoms with Crippen LogP contribution in [0, 0.1) is 11.8 Å². The van der Waals surface area contributed by atoms with Gasteiger partial charge in [0.2, 0.25) is 5.91 Å². The Balaban J connectivity index is 2.14. The molecule has 0 aromatic rings. The lowest BCUT2D eigenvalue weighted by Gasteiger charge is -2.22. The molecular formula is C13H25N2O. The molecular weight excluding hydrogens is 200 g/mol. The third-order valence-corrected chi connectivity index (χ3v) is 3.48. The molecule has 0 saturated carbocycles. The number of rotatable bonds is 5. The monoisotopic (exact) mass is 225 g/mol. The van der Waals surface area contributed by atoms with Crippen molar-refractivity contribution in [1.29, 1.82) is 0 Å². The van der Waals surface area contributed by atoms with Gasteiger partial charge in [0.25, 0.3) is 0 Å². The quantitative estimate of drug-likeness (QED) is 0.763. The van der Waals surface area contributed by atoms with E-state index in [1.54, 1.807) is 0 Å². The third-order valence-electron chi connectivity index (χ3n) is 3.48. The summed E-state index contributed by atoms with van der Waals surface area (Å²) in [7, 11) is 0. The number of nitrogens with zero attached hydrogens (tertiary/aromatic N) is 1. The molecule has 1 heterocycles. The van der Waals surface area contributed by atoms with Crippen LogP contribution in [0.2, 0.25) is 0 Å². The Morgan fingerprint density at radius 2 is 2.19 bits per heavy atom.